The fourth-order valence-corrected chi connectivity index (χ4v) is 2.44. The van der Waals surface area contributed by atoms with E-state index >= 15 is 0 Å². The Kier molecular flexibility index (Phi) is 5.03. The number of benzene rings is 1. The van der Waals surface area contributed by atoms with E-state index in [4.69, 9.17) is 5.11 Å². The summed E-state index contributed by atoms with van der Waals surface area (Å²) in [5.74, 6) is -1.55. The predicted molar refractivity (Wildman–Crippen MR) is 88.3 cm³/mol. The second kappa shape index (κ2) is 6.99. The van der Waals surface area contributed by atoms with Crippen molar-refractivity contribution in [2.24, 2.45) is 0 Å². The summed E-state index contributed by atoms with van der Waals surface area (Å²) in [7, 11) is 0. The first-order valence-electron chi connectivity index (χ1n) is 7.28. The summed E-state index contributed by atoms with van der Waals surface area (Å²) in [4.78, 5) is 34.4. The van der Waals surface area contributed by atoms with Crippen molar-refractivity contribution in [3.63, 3.8) is 0 Å². The molecule has 0 bridgehead atoms. The zero-order chi connectivity index (χ0) is 17.9. The highest BCUT2D eigenvalue weighted by atomic mass is 16.4. The van der Waals surface area contributed by atoms with Crippen molar-refractivity contribution in [3.05, 3.63) is 57.5 Å². The molecule has 1 heterocycles. The van der Waals surface area contributed by atoms with E-state index in [2.05, 4.69) is 5.32 Å². The van der Waals surface area contributed by atoms with E-state index < -0.39 is 11.9 Å². The largest absolute Gasteiger partial charge is 0.506 e. The molecule has 0 saturated heterocycles. The molecule has 1 aromatic carbocycles. The number of anilines is 1. The summed E-state index contributed by atoms with van der Waals surface area (Å²) in [6, 6.07) is 7.11. The number of aromatic hydroxyl groups is 1. The average Bonchev–Trinajstić information content (AvgIpc) is 2.46. The van der Waals surface area contributed by atoms with Gasteiger partial charge >= 0.3 is 5.97 Å². The van der Waals surface area contributed by atoms with E-state index in [1.54, 1.807) is 18.4 Å². The Morgan fingerprint density at radius 2 is 1.75 bits per heavy atom. The van der Waals surface area contributed by atoms with E-state index in [0.29, 0.717) is 17.0 Å². The second-order valence-electron chi connectivity index (χ2n) is 5.53. The van der Waals surface area contributed by atoms with Crippen LogP contribution in [0.2, 0.25) is 0 Å². The Balaban J connectivity index is 2.18. The minimum Gasteiger partial charge on any atom is -0.506 e. The number of pyridine rings is 1. The van der Waals surface area contributed by atoms with E-state index in [1.807, 2.05) is 0 Å². The summed E-state index contributed by atoms with van der Waals surface area (Å²) < 4.78 is 1.68. The first-order chi connectivity index (χ1) is 11.3. The van der Waals surface area contributed by atoms with Crippen LogP contribution in [0, 0.1) is 13.8 Å². The Morgan fingerprint density at radius 1 is 1.12 bits per heavy atom. The molecule has 0 aliphatic rings. The van der Waals surface area contributed by atoms with Gasteiger partial charge < -0.3 is 20.1 Å². The lowest BCUT2D eigenvalue weighted by Gasteiger charge is -2.15. The number of carbonyl (C=O) groups excluding carboxylic acids is 1. The number of phenols is 1. The first kappa shape index (κ1) is 17.3. The van der Waals surface area contributed by atoms with E-state index in [-0.39, 0.29) is 29.8 Å². The summed E-state index contributed by atoms with van der Waals surface area (Å²) in [6.45, 7) is 3.43. The SMILES string of the molecule is Cc1cc(=O)cc(C)n1CC(=O)Nc1cc(CC(=O)O)ccc1O. The molecule has 0 atom stereocenters. The molecule has 0 fully saturated rings. The van der Waals surface area contributed by atoms with Crippen LogP contribution in [0.3, 0.4) is 0 Å². The zero-order valence-electron chi connectivity index (χ0n) is 13.4. The Morgan fingerprint density at radius 3 is 2.33 bits per heavy atom. The molecule has 7 heteroatoms. The van der Waals surface area contributed by atoms with Gasteiger partial charge in [0, 0.05) is 23.5 Å². The summed E-state index contributed by atoms with van der Waals surface area (Å²) >= 11 is 0. The molecule has 3 N–H and O–H groups in total. The Hall–Kier alpha value is -3.09. The van der Waals surface area contributed by atoms with Gasteiger partial charge in [0.25, 0.3) is 0 Å². The molecular formula is C17H18N2O5. The van der Waals surface area contributed by atoms with Gasteiger partial charge in [-0.15, -0.1) is 0 Å². The van der Waals surface area contributed by atoms with Crippen molar-refractivity contribution in [1.29, 1.82) is 0 Å². The number of hydrogen-bond donors (Lipinski definition) is 3. The van der Waals surface area contributed by atoms with Gasteiger partial charge in [-0.3, -0.25) is 14.4 Å². The van der Waals surface area contributed by atoms with Crippen molar-refractivity contribution in [3.8, 4) is 5.75 Å². The van der Waals surface area contributed by atoms with Gasteiger partial charge in [-0.2, -0.15) is 0 Å². The highest BCUT2D eigenvalue weighted by Crippen LogP contribution is 2.24. The minimum atomic E-state index is -1.00. The maximum absolute atomic E-state index is 12.2. The maximum atomic E-state index is 12.2. The van der Waals surface area contributed by atoms with Gasteiger partial charge in [-0.25, -0.2) is 0 Å². The molecule has 1 amide bonds. The van der Waals surface area contributed by atoms with Gasteiger partial charge in [-0.1, -0.05) is 6.07 Å². The maximum Gasteiger partial charge on any atom is 0.307 e. The number of aryl methyl sites for hydroxylation is 2. The van der Waals surface area contributed by atoms with Crippen LogP contribution in [0.5, 0.6) is 5.75 Å². The lowest BCUT2D eigenvalue weighted by molar-refractivity contribution is -0.136. The number of phenolic OH excluding ortho intramolecular Hbond substituents is 1. The monoisotopic (exact) mass is 330 g/mol. The van der Waals surface area contributed by atoms with Crippen molar-refractivity contribution < 1.29 is 19.8 Å². The smallest absolute Gasteiger partial charge is 0.307 e. The molecule has 7 nitrogen and oxygen atoms in total. The number of carbonyl (C=O) groups is 2. The number of aliphatic carboxylic acids is 1. The molecule has 2 rings (SSSR count). The van der Waals surface area contributed by atoms with Crippen LogP contribution in [0.15, 0.2) is 35.1 Å². The average molecular weight is 330 g/mol. The van der Waals surface area contributed by atoms with E-state index in [1.165, 1.54) is 30.3 Å². The number of nitrogens with one attached hydrogen (secondary N) is 1. The molecule has 2 aromatic rings. The van der Waals surface area contributed by atoms with Crippen LogP contribution >= 0.6 is 0 Å². The van der Waals surface area contributed by atoms with Gasteiger partial charge in [0.15, 0.2) is 5.43 Å². The van der Waals surface area contributed by atoms with Gasteiger partial charge in [-0.05, 0) is 31.5 Å². The molecule has 0 radical (unpaired) electrons. The third-order valence-corrected chi connectivity index (χ3v) is 3.55. The number of hydrogen-bond acceptors (Lipinski definition) is 4. The van der Waals surface area contributed by atoms with Crippen molar-refractivity contribution in [2.45, 2.75) is 26.8 Å². The lowest BCUT2D eigenvalue weighted by Crippen LogP contribution is -2.23. The number of carboxylic acid groups (broad SMARTS) is 1. The summed E-state index contributed by atoms with van der Waals surface area (Å²) in [6.07, 6.45) is -0.207. The predicted octanol–water partition coefficient (Wildman–Crippen LogP) is 1.44. The van der Waals surface area contributed by atoms with Crippen LogP contribution < -0.4 is 10.7 Å². The number of nitrogens with zero attached hydrogens (tertiary/aromatic N) is 1. The van der Waals surface area contributed by atoms with Crippen molar-refractivity contribution in [2.75, 3.05) is 5.32 Å². The van der Waals surface area contributed by atoms with E-state index in [9.17, 15) is 19.5 Å². The Bertz CT molecular complexity index is 828. The normalized spacial score (nSPS) is 10.4. The summed E-state index contributed by atoms with van der Waals surface area (Å²) in [5, 5.41) is 21.2. The molecule has 1 aromatic heterocycles. The van der Waals surface area contributed by atoms with Crippen LogP contribution in [-0.2, 0) is 22.6 Å². The topological polar surface area (TPSA) is 109 Å². The minimum absolute atomic E-state index is 0.0272. The highest BCUT2D eigenvalue weighted by Gasteiger charge is 2.11. The van der Waals surface area contributed by atoms with Crippen molar-refractivity contribution >= 4 is 17.6 Å². The molecule has 126 valence electrons. The Labute approximate surface area is 138 Å². The molecule has 0 spiro atoms. The standard InChI is InChI=1S/C17H18N2O5/c1-10-5-13(20)6-11(2)19(10)9-16(22)18-14-7-12(8-17(23)24)3-4-15(14)21/h3-7,21H,8-9H2,1-2H3,(H,18,22)(H,23,24). The quantitative estimate of drug-likeness (QED) is 0.719. The van der Waals surface area contributed by atoms with Crippen LogP contribution in [0.4, 0.5) is 5.69 Å². The third-order valence-electron chi connectivity index (χ3n) is 3.55. The molecule has 0 saturated carbocycles. The fourth-order valence-electron chi connectivity index (χ4n) is 2.44. The molecule has 0 unspecified atom stereocenters. The van der Waals surface area contributed by atoms with Gasteiger partial charge in [0.1, 0.15) is 12.3 Å². The van der Waals surface area contributed by atoms with Crippen molar-refractivity contribution in [1.82, 2.24) is 4.57 Å². The molecular weight excluding hydrogens is 312 g/mol. The second-order valence-corrected chi connectivity index (χ2v) is 5.53. The third kappa shape index (κ3) is 4.22. The lowest BCUT2D eigenvalue weighted by atomic mass is 10.1. The molecule has 0 aliphatic heterocycles. The molecule has 24 heavy (non-hydrogen) atoms. The number of aromatic nitrogens is 1. The molecule has 0 aliphatic carbocycles. The summed E-state index contributed by atoms with van der Waals surface area (Å²) in [5.41, 5.74) is 1.79. The number of amides is 1. The van der Waals surface area contributed by atoms with Crippen LogP contribution in [0.25, 0.3) is 0 Å². The van der Waals surface area contributed by atoms with Gasteiger partial charge in [0.2, 0.25) is 5.91 Å². The zero-order valence-corrected chi connectivity index (χ0v) is 13.4. The fraction of sp³-hybridized carbons (Fsp3) is 0.235. The first-order valence-corrected chi connectivity index (χ1v) is 7.28. The number of rotatable bonds is 5. The van der Waals surface area contributed by atoms with Crippen LogP contribution in [-0.4, -0.2) is 26.7 Å². The number of carboxylic acids is 1. The van der Waals surface area contributed by atoms with E-state index in [0.717, 1.165) is 0 Å². The highest BCUT2D eigenvalue weighted by molar-refractivity contribution is 5.92. The van der Waals surface area contributed by atoms with Crippen LogP contribution in [0.1, 0.15) is 17.0 Å². The van der Waals surface area contributed by atoms with Gasteiger partial charge in [0.05, 0.1) is 12.1 Å².